The van der Waals surface area contributed by atoms with E-state index in [0.717, 1.165) is 36.4 Å². The van der Waals surface area contributed by atoms with Crippen LogP contribution in [0.15, 0.2) is 27.4 Å². The monoisotopic (exact) mass is 290 g/mol. The van der Waals surface area contributed by atoms with Gasteiger partial charge in [-0.25, -0.2) is 0 Å². The molecule has 0 radical (unpaired) electrons. The molecule has 0 N–H and O–H groups in total. The average Bonchev–Trinajstić information content (AvgIpc) is 3.17. The summed E-state index contributed by atoms with van der Waals surface area (Å²) in [6.07, 6.45) is 1.98. The molecule has 0 spiro atoms. The van der Waals surface area contributed by atoms with Gasteiger partial charge in [-0.1, -0.05) is 19.0 Å². The lowest BCUT2D eigenvalue weighted by Crippen LogP contribution is -2.30. The summed E-state index contributed by atoms with van der Waals surface area (Å²) in [4.78, 5) is 14.4. The van der Waals surface area contributed by atoms with Crippen molar-refractivity contribution in [3.8, 4) is 0 Å². The fourth-order valence-corrected chi connectivity index (χ4v) is 3.23. The first-order chi connectivity index (χ1) is 9.66. The maximum Gasteiger partial charge on any atom is 0.255 e. The summed E-state index contributed by atoms with van der Waals surface area (Å²) >= 11 is 1.55. The van der Waals surface area contributed by atoms with Crippen LogP contribution in [0, 0.1) is 0 Å². The average molecular weight is 290 g/mol. The SMILES string of the molecule is CC(C)c1cc([C@@H]2CCCN2C(=O)c2ccsc2)no1. The van der Waals surface area contributed by atoms with Gasteiger partial charge in [-0.3, -0.25) is 4.79 Å². The smallest absolute Gasteiger partial charge is 0.255 e. The van der Waals surface area contributed by atoms with Crippen LogP contribution in [0.2, 0.25) is 0 Å². The Bertz CT molecular complexity index is 589. The molecule has 1 saturated heterocycles. The van der Waals surface area contributed by atoms with Crippen LogP contribution in [0.25, 0.3) is 0 Å². The van der Waals surface area contributed by atoms with E-state index < -0.39 is 0 Å². The number of amides is 1. The van der Waals surface area contributed by atoms with Crippen molar-refractivity contribution in [2.45, 2.75) is 38.6 Å². The number of aromatic nitrogens is 1. The molecule has 0 aromatic carbocycles. The number of hydrogen-bond acceptors (Lipinski definition) is 4. The standard InChI is InChI=1S/C15H18N2O2S/c1-10(2)14-8-12(16-19-14)13-4-3-6-17(13)15(18)11-5-7-20-9-11/h5,7-10,13H,3-4,6H2,1-2H3/t13-/m0/s1. The van der Waals surface area contributed by atoms with E-state index in [2.05, 4.69) is 19.0 Å². The fourth-order valence-electron chi connectivity index (χ4n) is 2.60. The van der Waals surface area contributed by atoms with Gasteiger partial charge in [0.1, 0.15) is 11.5 Å². The molecule has 2 aromatic heterocycles. The Morgan fingerprint density at radius 3 is 3.05 bits per heavy atom. The molecule has 2 aromatic rings. The van der Waals surface area contributed by atoms with Gasteiger partial charge in [0, 0.05) is 23.9 Å². The second-order valence-electron chi connectivity index (χ2n) is 5.48. The van der Waals surface area contributed by atoms with Crippen molar-refractivity contribution in [1.29, 1.82) is 0 Å². The fraction of sp³-hybridized carbons (Fsp3) is 0.467. The third-order valence-electron chi connectivity index (χ3n) is 3.74. The number of carbonyl (C=O) groups excluding carboxylic acids is 1. The van der Waals surface area contributed by atoms with Crippen LogP contribution in [0.1, 0.15) is 60.5 Å². The van der Waals surface area contributed by atoms with Crippen molar-refractivity contribution in [3.63, 3.8) is 0 Å². The van der Waals surface area contributed by atoms with E-state index >= 15 is 0 Å². The lowest BCUT2D eigenvalue weighted by molar-refractivity contribution is 0.0731. The van der Waals surface area contributed by atoms with Crippen LogP contribution < -0.4 is 0 Å². The first kappa shape index (κ1) is 13.4. The summed E-state index contributed by atoms with van der Waals surface area (Å²) in [5.41, 5.74) is 1.66. The van der Waals surface area contributed by atoms with Gasteiger partial charge in [-0.05, 0) is 24.3 Å². The van der Waals surface area contributed by atoms with Crippen LogP contribution >= 0.6 is 11.3 Å². The molecule has 0 saturated carbocycles. The summed E-state index contributed by atoms with van der Waals surface area (Å²) in [5, 5.41) is 8.01. The summed E-state index contributed by atoms with van der Waals surface area (Å²) in [6, 6.07) is 3.93. The highest BCUT2D eigenvalue weighted by atomic mass is 32.1. The maximum absolute atomic E-state index is 12.5. The molecule has 0 bridgehead atoms. The number of hydrogen-bond donors (Lipinski definition) is 0. The molecular weight excluding hydrogens is 272 g/mol. The van der Waals surface area contributed by atoms with Crippen molar-refractivity contribution in [3.05, 3.63) is 39.9 Å². The summed E-state index contributed by atoms with van der Waals surface area (Å²) in [7, 11) is 0. The zero-order valence-electron chi connectivity index (χ0n) is 11.7. The van der Waals surface area contributed by atoms with Crippen molar-refractivity contribution in [2.24, 2.45) is 0 Å². The van der Waals surface area contributed by atoms with Crippen molar-refractivity contribution in [1.82, 2.24) is 10.1 Å². The van der Waals surface area contributed by atoms with Gasteiger partial charge in [0.2, 0.25) is 0 Å². The molecule has 3 rings (SSSR count). The first-order valence-corrected chi connectivity index (χ1v) is 7.91. The highest BCUT2D eigenvalue weighted by Gasteiger charge is 2.33. The molecule has 3 heterocycles. The van der Waals surface area contributed by atoms with E-state index in [-0.39, 0.29) is 11.9 Å². The van der Waals surface area contributed by atoms with Crippen molar-refractivity contribution in [2.75, 3.05) is 6.54 Å². The molecule has 20 heavy (non-hydrogen) atoms. The maximum atomic E-state index is 12.5. The van der Waals surface area contributed by atoms with E-state index in [0.29, 0.717) is 5.92 Å². The van der Waals surface area contributed by atoms with E-state index in [1.165, 1.54) is 0 Å². The molecule has 1 atom stereocenters. The van der Waals surface area contributed by atoms with Crippen LogP contribution in [-0.4, -0.2) is 22.5 Å². The van der Waals surface area contributed by atoms with E-state index in [1.54, 1.807) is 11.3 Å². The lowest BCUT2D eigenvalue weighted by Gasteiger charge is -2.22. The van der Waals surface area contributed by atoms with Crippen LogP contribution in [-0.2, 0) is 0 Å². The minimum absolute atomic E-state index is 0.0543. The summed E-state index contributed by atoms with van der Waals surface area (Å²) in [6.45, 7) is 4.95. The normalized spacial score (nSPS) is 18.9. The van der Waals surface area contributed by atoms with Crippen molar-refractivity contribution < 1.29 is 9.32 Å². The summed E-state index contributed by atoms with van der Waals surface area (Å²) in [5.74, 6) is 1.30. The zero-order chi connectivity index (χ0) is 14.1. The van der Waals surface area contributed by atoms with Gasteiger partial charge in [-0.15, -0.1) is 0 Å². The highest BCUT2D eigenvalue weighted by Crippen LogP contribution is 2.33. The zero-order valence-corrected chi connectivity index (χ0v) is 12.5. The summed E-state index contributed by atoms with van der Waals surface area (Å²) < 4.78 is 5.37. The van der Waals surface area contributed by atoms with Crippen molar-refractivity contribution >= 4 is 17.2 Å². The Balaban J connectivity index is 1.83. The predicted molar refractivity (Wildman–Crippen MR) is 77.9 cm³/mol. The van der Waals surface area contributed by atoms with E-state index in [1.807, 2.05) is 27.8 Å². The molecule has 1 aliphatic heterocycles. The Labute approximate surface area is 122 Å². The highest BCUT2D eigenvalue weighted by molar-refractivity contribution is 7.08. The van der Waals surface area contributed by atoms with Gasteiger partial charge >= 0.3 is 0 Å². The number of nitrogens with zero attached hydrogens (tertiary/aromatic N) is 2. The Hall–Kier alpha value is -1.62. The molecular formula is C15H18N2O2S. The van der Waals surface area contributed by atoms with Crippen LogP contribution in [0.4, 0.5) is 0 Å². The van der Waals surface area contributed by atoms with E-state index in [9.17, 15) is 4.79 Å². The third kappa shape index (κ3) is 2.38. The van der Waals surface area contributed by atoms with Crippen LogP contribution in [0.3, 0.4) is 0 Å². The second kappa shape index (κ2) is 5.40. The van der Waals surface area contributed by atoms with Crippen LogP contribution in [0.5, 0.6) is 0 Å². The third-order valence-corrected chi connectivity index (χ3v) is 4.42. The Kier molecular flexibility index (Phi) is 3.61. The second-order valence-corrected chi connectivity index (χ2v) is 6.26. The quantitative estimate of drug-likeness (QED) is 0.863. The van der Waals surface area contributed by atoms with Gasteiger partial charge in [-0.2, -0.15) is 11.3 Å². The topological polar surface area (TPSA) is 46.3 Å². The molecule has 0 aliphatic carbocycles. The van der Waals surface area contributed by atoms with Gasteiger partial charge in [0.05, 0.1) is 11.6 Å². The molecule has 4 nitrogen and oxygen atoms in total. The minimum Gasteiger partial charge on any atom is -0.361 e. The Morgan fingerprint density at radius 2 is 2.40 bits per heavy atom. The molecule has 1 aliphatic rings. The lowest BCUT2D eigenvalue weighted by atomic mass is 10.1. The minimum atomic E-state index is 0.0543. The number of carbonyl (C=O) groups is 1. The van der Waals surface area contributed by atoms with E-state index in [4.69, 9.17) is 4.52 Å². The molecule has 0 unspecified atom stereocenters. The number of likely N-dealkylation sites (tertiary alicyclic amines) is 1. The largest absolute Gasteiger partial charge is 0.361 e. The van der Waals surface area contributed by atoms with Gasteiger partial charge in [0.15, 0.2) is 0 Å². The first-order valence-electron chi connectivity index (χ1n) is 6.96. The number of rotatable bonds is 3. The van der Waals surface area contributed by atoms with Gasteiger partial charge < -0.3 is 9.42 Å². The molecule has 106 valence electrons. The molecule has 1 amide bonds. The molecule has 5 heteroatoms. The molecule has 1 fully saturated rings. The number of thiophene rings is 1. The predicted octanol–water partition coefficient (Wildman–Crippen LogP) is 3.84. The Morgan fingerprint density at radius 1 is 1.55 bits per heavy atom. The van der Waals surface area contributed by atoms with Gasteiger partial charge in [0.25, 0.3) is 5.91 Å².